The average Bonchev–Trinajstić information content (AvgIpc) is 2.79. The van der Waals surface area contributed by atoms with E-state index in [0.717, 1.165) is 25.6 Å². The smallest absolute Gasteiger partial charge is 0.238 e. The van der Waals surface area contributed by atoms with E-state index in [-0.39, 0.29) is 4.90 Å². The number of sulfonamides is 1. The summed E-state index contributed by atoms with van der Waals surface area (Å²) in [7, 11) is -3.85. The number of primary sulfonamides is 1. The maximum Gasteiger partial charge on any atom is 0.238 e. The van der Waals surface area contributed by atoms with Crippen LogP contribution in [0.1, 0.15) is 6.42 Å². The zero-order valence-corrected chi connectivity index (χ0v) is 10.6. The molecule has 1 saturated heterocycles. The fourth-order valence-electron chi connectivity index (χ4n) is 1.96. The molecule has 100 valence electrons. The van der Waals surface area contributed by atoms with Gasteiger partial charge in [0.15, 0.2) is 0 Å². The molecule has 0 aliphatic carbocycles. The second kappa shape index (κ2) is 5.21. The van der Waals surface area contributed by atoms with Crippen molar-refractivity contribution in [2.45, 2.75) is 11.3 Å². The van der Waals surface area contributed by atoms with E-state index in [0.29, 0.717) is 18.2 Å². The SMILES string of the molecule is NS(=O)(=O)c1ccc(NCC2CCNC2)c(F)c1. The van der Waals surface area contributed by atoms with Gasteiger partial charge < -0.3 is 10.6 Å². The molecule has 0 bridgehead atoms. The number of nitrogens with two attached hydrogens (primary N) is 1. The van der Waals surface area contributed by atoms with Gasteiger partial charge in [0.25, 0.3) is 0 Å². The molecule has 1 aromatic rings. The van der Waals surface area contributed by atoms with Gasteiger partial charge in [-0.25, -0.2) is 17.9 Å². The van der Waals surface area contributed by atoms with Crippen LogP contribution in [0.3, 0.4) is 0 Å². The largest absolute Gasteiger partial charge is 0.382 e. The Balaban J connectivity index is 2.05. The van der Waals surface area contributed by atoms with E-state index in [4.69, 9.17) is 5.14 Å². The first kappa shape index (κ1) is 13.3. The molecule has 7 heteroatoms. The second-order valence-corrected chi connectivity index (χ2v) is 5.99. The Hall–Kier alpha value is -1.18. The van der Waals surface area contributed by atoms with Crippen LogP contribution >= 0.6 is 0 Å². The number of anilines is 1. The van der Waals surface area contributed by atoms with Crippen molar-refractivity contribution in [1.82, 2.24) is 5.32 Å². The lowest BCUT2D eigenvalue weighted by Crippen LogP contribution is -2.18. The highest BCUT2D eigenvalue weighted by Gasteiger charge is 2.15. The molecular weight excluding hydrogens is 257 g/mol. The molecule has 2 rings (SSSR count). The van der Waals surface area contributed by atoms with Gasteiger partial charge in [-0.05, 0) is 43.6 Å². The normalized spacial score (nSPS) is 20.0. The van der Waals surface area contributed by atoms with Gasteiger partial charge in [-0.3, -0.25) is 0 Å². The molecule has 1 unspecified atom stereocenters. The van der Waals surface area contributed by atoms with Crippen LogP contribution in [0.25, 0.3) is 0 Å². The molecule has 0 spiro atoms. The monoisotopic (exact) mass is 273 g/mol. The quantitative estimate of drug-likeness (QED) is 0.745. The first-order chi connectivity index (χ1) is 8.47. The molecule has 1 fully saturated rings. The molecule has 1 atom stereocenters. The van der Waals surface area contributed by atoms with Crippen LogP contribution in [0.5, 0.6) is 0 Å². The van der Waals surface area contributed by atoms with E-state index >= 15 is 0 Å². The summed E-state index contributed by atoms with van der Waals surface area (Å²) >= 11 is 0. The zero-order valence-electron chi connectivity index (χ0n) is 9.82. The van der Waals surface area contributed by atoms with Gasteiger partial charge in [0.2, 0.25) is 10.0 Å². The van der Waals surface area contributed by atoms with Gasteiger partial charge in [-0.1, -0.05) is 0 Å². The maximum absolute atomic E-state index is 13.7. The minimum absolute atomic E-state index is 0.215. The molecule has 0 saturated carbocycles. The molecule has 0 aromatic heterocycles. The van der Waals surface area contributed by atoms with E-state index in [9.17, 15) is 12.8 Å². The number of hydrogen-bond acceptors (Lipinski definition) is 4. The molecule has 1 aliphatic rings. The van der Waals surface area contributed by atoms with E-state index in [2.05, 4.69) is 10.6 Å². The molecule has 4 N–H and O–H groups in total. The Labute approximate surface area is 106 Å². The second-order valence-electron chi connectivity index (χ2n) is 4.43. The average molecular weight is 273 g/mol. The molecular formula is C11H16FN3O2S. The lowest BCUT2D eigenvalue weighted by atomic mass is 10.1. The molecule has 1 heterocycles. The molecule has 1 aliphatic heterocycles. The standard InChI is InChI=1S/C11H16FN3O2S/c12-10-5-9(18(13,16)17)1-2-11(10)15-7-8-3-4-14-6-8/h1-2,5,8,14-15H,3-4,6-7H2,(H2,13,16,17). The highest BCUT2D eigenvalue weighted by Crippen LogP contribution is 2.19. The van der Waals surface area contributed by atoms with Crippen molar-refractivity contribution in [3.63, 3.8) is 0 Å². The predicted molar refractivity (Wildman–Crippen MR) is 67.2 cm³/mol. The van der Waals surface area contributed by atoms with Crippen molar-refractivity contribution in [1.29, 1.82) is 0 Å². The van der Waals surface area contributed by atoms with Gasteiger partial charge in [0, 0.05) is 6.54 Å². The summed E-state index contributed by atoms with van der Waals surface area (Å²) in [6.07, 6.45) is 1.06. The van der Waals surface area contributed by atoms with Gasteiger partial charge in [0.05, 0.1) is 10.6 Å². The summed E-state index contributed by atoms with van der Waals surface area (Å²) < 4.78 is 35.7. The third kappa shape index (κ3) is 3.18. The Morgan fingerprint density at radius 2 is 2.28 bits per heavy atom. The van der Waals surface area contributed by atoms with Crippen molar-refractivity contribution in [2.24, 2.45) is 11.1 Å². The summed E-state index contributed by atoms with van der Waals surface area (Å²) in [5.41, 5.74) is 0.300. The fraction of sp³-hybridized carbons (Fsp3) is 0.455. The number of hydrogen-bond donors (Lipinski definition) is 3. The van der Waals surface area contributed by atoms with Crippen molar-refractivity contribution in [3.05, 3.63) is 24.0 Å². The number of nitrogens with one attached hydrogen (secondary N) is 2. The van der Waals surface area contributed by atoms with Gasteiger partial charge in [-0.15, -0.1) is 0 Å². The minimum Gasteiger partial charge on any atom is -0.382 e. The molecule has 18 heavy (non-hydrogen) atoms. The van der Waals surface area contributed by atoms with Gasteiger partial charge >= 0.3 is 0 Å². The van der Waals surface area contributed by atoms with Crippen molar-refractivity contribution < 1.29 is 12.8 Å². The predicted octanol–water partition coefficient (Wildman–Crippen LogP) is 0.494. The first-order valence-corrected chi connectivity index (χ1v) is 7.28. The lowest BCUT2D eigenvalue weighted by Gasteiger charge is -2.12. The number of rotatable bonds is 4. The number of halogens is 1. The highest BCUT2D eigenvalue weighted by atomic mass is 32.2. The van der Waals surface area contributed by atoms with E-state index in [1.165, 1.54) is 12.1 Å². The van der Waals surface area contributed by atoms with Crippen molar-refractivity contribution >= 4 is 15.7 Å². The van der Waals surface area contributed by atoms with E-state index in [1.807, 2.05) is 0 Å². The maximum atomic E-state index is 13.7. The van der Waals surface area contributed by atoms with Crippen molar-refractivity contribution in [2.75, 3.05) is 25.0 Å². The van der Waals surface area contributed by atoms with E-state index < -0.39 is 15.8 Å². The van der Waals surface area contributed by atoms with Gasteiger partial charge in [0.1, 0.15) is 5.82 Å². The van der Waals surface area contributed by atoms with E-state index in [1.54, 1.807) is 0 Å². The Kier molecular flexibility index (Phi) is 3.84. The van der Waals surface area contributed by atoms with Crippen LogP contribution in [-0.2, 0) is 10.0 Å². The van der Waals surface area contributed by atoms with Crippen LogP contribution in [0.4, 0.5) is 10.1 Å². The lowest BCUT2D eigenvalue weighted by molar-refractivity contribution is 0.589. The first-order valence-electron chi connectivity index (χ1n) is 5.74. The summed E-state index contributed by atoms with van der Waals surface area (Å²) in [4.78, 5) is -0.215. The van der Waals surface area contributed by atoms with Crippen LogP contribution in [0.15, 0.2) is 23.1 Å². The third-order valence-electron chi connectivity index (χ3n) is 3.01. The third-order valence-corrected chi connectivity index (χ3v) is 3.92. The zero-order chi connectivity index (χ0) is 13.2. The van der Waals surface area contributed by atoms with Crippen LogP contribution < -0.4 is 15.8 Å². The Morgan fingerprint density at radius 1 is 1.50 bits per heavy atom. The summed E-state index contributed by atoms with van der Waals surface area (Å²) in [6, 6.07) is 3.63. The van der Waals surface area contributed by atoms with Gasteiger partial charge in [-0.2, -0.15) is 0 Å². The highest BCUT2D eigenvalue weighted by molar-refractivity contribution is 7.89. The summed E-state index contributed by atoms with van der Waals surface area (Å²) in [5.74, 6) is -0.130. The molecule has 0 radical (unpaired) electrons. The van der Waals surface area contributed by atoms with Crippen LogP contribution in [0, 0.1) is 11.7 Å². The molecule has 5 nitrogen and oxygen atoms in total. The summed E-state index contributed by atoms with van der Waals surface area (Å²) in [5, 5.41) is 11.1. The fourth-order valence-corrected chi connectivity index (χ4v) is 2.48. The Bertz CT molecular complexity index is 527. The molecule has 1 aromatic carbocycles. The summed E-state index contributed by atoms with van der Waals surface area (Å²) in [6.45, 7) is 2.57. The van der Waals surface area contributed by atoms with Crippen LogP contribution in [0.2, 0.25) is 0 Å². The topological polar surface area (TPSA) is 84.2 Å². The Morgan fingerprint density at radius 3 is 2.83 bits per heavy atom. The number of benzene rings is 1. The van der Waals surface area contributed by atoms with Crippen molar-refractivity contribution in [3.8, 4) is 0 Å². The van der Waals surface area contributed by atoms with Crippen LogP contribution in [-0.4, -0.2) is 28.1 Å². The molecule has 0 amide bonds. The minimum atomic E-state index is -3.85.